The number of hydrazine groups is 1. The Bertz CT molecular complexity index is 2570. The molecule has 0 spiro atoms. The lowest BCUT2D eigenvalue weighted by atomic mass is 9.80. The molecule has 18 nitrogen and oxygen atoms in total. The van der Waals surface area contributed by atoms with E-state index in [-0.39, 0.29) is 78.4 Å². The number of carbonyl (C=O) groups excluding carboxylic acids is 5. The maximum absolute atomic E-state index is 14.4. The van der Waals surface area contributed by atoms with Crippen LogP contribution in [0.25, 0.3) is 0 Å². The van der Waals surface area contributed by atoms with Crippen LogP contribution >= 0.6 is 23.1 Å². The fourth-order valence-electron chi connectivity index (χ4n) is 8.29. The molecule has 5 amide bonds. The summed E-state index contributed by atoms with van der Waals surface area (Å²) in [5.41, 5.74) is 6.80. The van der Waals surface area contributed by atoms with Gasteiger partial charge < -0.3 is 35.4 Å². The first-order valence-corrected chi connectivity index (χ1v) is 22.9. The summed E-state index contributed by atoms with van der Waals surface area (Å²) in [5, 5.41) is 20.8. The normalized spacial score (nSPS) is 19.2. The Hall–Kier alpha value is -7.71. The van der Waals surface area contributed by atoms with Crippen molar-refractivity contribution in [3.63, 3.8) is 0 Å². The number of nitrogen functional groups attached to an aromatic ring is 1. The van der Waals surface area contributed by atoms with Gasteiger partial charge in [-0.3, -0.25) is 19.3 Å². The van der Waals surface area contributed by atoms with Gasteiger partial charge in [-0.25, -0.2) is 29.4 Å². The van der Waals surface area contributed by atoms with E-state index < -0.39 is 58.9 Å². The number of allylic oxidation sites excluding steroid dienone is 1. The number of hydrogen-bond acceptors (Lipinski definition) is 14. The molecule has 3 aromatic carbocycles. The molecule has 344 valence electrons. The van der Waals surface area contributed by atoms with Crippen molar-refractivity contribution in [2.24, 2.45) is 5.16 Å². The summed E-state index contributed by atoms with van der Waals surface area (Å²) in [6.45, 7) is 6.92. The Labute approximate surface area is 392 Å². The van der Waals surface area contributed by atoms with Gasteiger partial charge in [0, 0.05) is 39.9 Å². The number of likely N-dealkylation sites (tertiary alicyclic amines) is 1. The zero-order chi connectivity index (χ0) is 47.2. The predicted octanol–water partition coefficient (Wildman–Crippen LogP) is 4.88. The molecule has 0 unspecified atom stereocenters. The van der Waals surface area contributed by atoms with E-state index in [0.29, 0.717) is 16.7 Å². The number of ether oxygens (including phenoxy) is 2. The highest BCUT2D eigenvalue weighted by Gasteiger charge is 2.55. The van der Waals surface area contributed by atoms with Crippen LogP contribution in [0.2, 0.25) is 0 Å². The van der Waals surface area contributed by atoms with Gasteiger partial charge in [-0.2, -0.15) is 0 Å². The molecule has 67 heavy (non-hydrogen) atoms. The molecular formula is C47H44N8O10S2. The average Bonchev–Trinajstić information content (AvgIpc) is 4.09. The van der Waals surface area contributed by atoms with Gasteiger partial charge in [0.2, 0.25) is 11.5 Å². The third-order valence-electron chi connectivity index (χ3n) is 11.4. The zero-order valence-electron chi connectivity index (χ0n) is 35.8. The number of carbonyl (C=O) groups is 6. The standard InChI is InChI=1S/C47H44N8O10S2/c1-3-22-63-45(61)53-25-34(26-54(53)46(62)64-23-4-2)52-21-20-29(40(52)57)24-30-27-66-42-37(41(58)55(42)38(30)43(59)60)50-39(56)36(35-28-67-44(48)49-35)51-65-47(31-14-8-5-9-15-31,32-16-10-6-11-17-32)33-18-12-7-13-19-33/h3-19,24,28,34,37,42H,1-2,20-23,25-27H2,(H2,48,49)(H,50,56)(H,59,60)/b29-24+,51-36-/t37-,42-/m1/s1. The number of oxime groups is 1. The summed E-state index contributed by atoms with van der Waals surface area (Å²) in [4.78, 5) is 94.4. The van der Waals surface area contributed by atoms with E-state index in [2.05, 4.69) is 28.6 Å². The maximum atomic E-state index is 14.4. The van der Waals surface area contributed by atoms with E-state index in [1.807, 2.05) is 91.0 Å². The minimum absolute atomic E-state index is 0.0729. The number of anilines is 1. The summed E-state index contributed by atoms with van der Waals surface area (Å²) in [6, 6.07) is 26.4. The van der Waals surface area contributed by atoms with Crippen molar-refractivity contribution in [2.45, 2.75) is 29.5 Å². The first-order valence-electron chi connectivity index (χ1n) is 20.9. The van der Waals surface area contributed by atoms with Crippen molar-refractivity contribution >= 4 is 69.8 Å². The molecule has 0 bridgehead atoms. The molecule has 8 rings (SSSR count). The lowest BCUT2D eigenvalue weighted by molar-refractivity contribution is -0.150. The molecule has 3 saturated heterocycles. The molecule has 0 aliphatic carbocycles. The van der Waals surface area contributed by atoms with Crippen molar-refractivity contribution in [3.8, 4) is 0 Å². The SMILES string of the molecule is C=CCOC(=O)N1CC(N2CC/C(=C\C3=C(C(=O)O)N4C(=O)[C@@H](NC(=O)/C(=N\OC(c5ccccc5)(c5ccccc5)c5ccccc5)c5csc(N)n5)[C@H]4SC3)C2=O)CN1C(=O)OCC=C. The average molecular weight is 945 g/mol. The smallest absolute Gasteiger partial charge is 0.429 e. The summed E-state index contributed by atoms with van der Waals surface area (Å²) >= 11 is 2.29. The van der Waals surface area contributed by atoms with Crippen LogP contribution in [-0.2, 0) is 39.1 Å². The molecule has 4 aliphatic rings. The summed E-state index contributed by atoms with van der Waals surface area (Å²) in [6.07, 6.45) is 2.78. The highest BCUT2D eigenvalue weighted by molar-refractivity contribution is 8.00. The molecule has 3 fully saturated rings. The monoisotopic (exact) mass is 944 g/mol. The Morgan fingerprint density at radius 3 is 1.93 bits per heavy atom. The second-order valence-corrected chi connectivity index (χ2v) is 17.4. The number of aromatic nitrogens is 1. The number of β-lactam (4-membered cyclic amide) rings is 1. The molecular weight excluding hydrogens is 901 g/mol. The molecule has 4 N–H and O–H groups in total. The molecule has 4 aliphatic heterocycles. The number of fused-ring (bicyclic) bond motifs is 1. The van der Waals surface area contributed by atoms with Crippen LogP contribution in [-0.4, -0.2) is 128 Å². The lowest BCUT2D eigenvalue weighted by Crippen LogP contribution is -2.71. The van der Waals surface area contributed by atoms with E-state index in [1.54, 1.807) is 5.38 Å². The van der Waals surface area contributed by atoms with Gasteiger partial charge in [-0.15, -0.1) is 23.1 Å². The van der Waals surface area contributed by atoms with Crippen molar-refractivity contribution in [1.29, 1.82) is 0 Å². The quantitative estimate of drug-likeness (QED) is 0.0361. The van der Waals surface area contributed by atoms with E-state index in [9.17, 15) is 33.9 Å². The molecule has 20 heteroatoms. The van der Waals surface area contributed by atoms with Crippen molar-refractivity contribution in [1.82, 2.24) is 30.1 Å². The Balaban J connectivity index is 1.03. The van der Waals surface area contributed by atoms with Gasteiger partial charge in [0.1, 0.15) is 36.0 Å². The Kier molecular flexibility index (Phi) is 13.5. The lowest BCUT2D eigenvalue weighted by Gasteiger charge is -2.49. The summed E-state index contributed by atoms with van der Waals surface area (Å²) in [5.74, 6) is -3.26. The maximum Gasteiger partial charge on any atom is 0.429 e. The van der Waals surface area contributed by atoms with Gasteiger partial charge in [0.15, 0.2) is 10.8 Å². The topological polar surface area (TPSA) is 227 Å². The molecule has 2 atom stereocenters. The number of carboxylic acids is 1. The highest BCUT2D eigenvalue weighted by atomic mass is 32.2. The minimum Gasteiger partial charge on any atom is -0.477 e. The first kappa shape index (κ1) is 45.8. The number of amides is 5. The summed E-state index contributed by atoms with van der Waals surface area (Å²) in [7, 11) is 0. The van der Waals surface area contributed by atoms with E-state index in [1.165, 1.54) is 34.9 Å². The van der Waals surface area contributed by atoms with Gasteiger partial charge in [0.05, 0.1) is 19.1 Å². The van der Waals surface area contributed by atoms with Crippen LogP contribution in [0, 0.1) is 0 Å². The first-order chi connectivity index (χ1) is 32.5. The van der Waals surface area contributed by atoms with Crippen LogP contribution in [0.5, 0.6) is 0 Å². The van der Waals surface area contributed by atoms with Crippen molar-refractivity contribution in [2.75, 3.05) is 44.3 Å². The van der Waals surface area contributed by atoms with E-state index in [4.69, 9.17) is 20.0 Å². The summed E-state index contributed by atoms with van der Waals surface area (Å²) < 4.78 is 10.3. The second-order valence-electron chi connectivity index (χ2n) is 15.4. The number of thiazole rings is 1. The third-order valence-corrected chi connectivity index (χ3v) is 13.3. The number of thioether (sulfide) groups is 1. The van der Waals surface area contributed by atoms with Gasteiger partial charge in [0.25, 0.3) is 11.8 Å². The molecule has 4 aromatic rings. The number of aliphatic carboxylic acids is 1. The molecule has 0 radical (unpaired) electrons. The number of nitrogens with zero attached hydrogens (tertiary/aromatic N) is 6. The molecule has 1 aromatic heterocycles. The number of hydrogen-bond donors (Lipinski definition) is 3. The molecule has 5 heterocycles. The van der Waals surface area contributed by atoms with Crippen LogP contribution in [0.1, 0.15) is 28.8 Å². The zero-order valence-corrected chi connectivity index (χ0v) is 37.4. The number of benzene rings is 3. The predicted molar refractivity (Wildman–Crippen MR) is 248 cm³/mol. The van der Waals surface area contributed by atoms with E-state index in [0.717, 1.165) is 26.3 Å². The van der Waals surface area contributed by atoms with Gasteiger partial charge >= 0.3 is 18.2 Å². The molecule has 0 saturated carbocycles. The van der Waals surface area contributed by atoms with Crippen LogP contribution in [0.15, 0.2) is 150 Å². The number of carboxylic acid groups (broad SMARTS) is 1. The Morgan fingerprint density at radius 2 is 1.43 bits per heavy atom. The largest absolute Gasteiger partial charge is 0.477 e. The van der Waals surface area contributed by atoms with E-state index >= 15 is 0 Å². The fourth-order valence-corrected chi connectivity index (χ4v) is 10.1. The van der Waals surface area contributed by atoms with Crippen molar-refractivity contribution in [3.05, 3.63) is 167 Å². The van der Waals surface area contributed by atoms with Crippen molar-refractivity contribution < 1.29 is 48.2 Å². The second kappa shape index (κ2) is 19.8. The van der Waals surface area contributed by atoms with Gasteiger partial charge in [-0.1, -0.05) is 121 Å². The van der Waals surface area contributed by atoms with Gasteiger partial charge in [-0.05, 0) is 18.1 Å². The minimum atomic E-state index is -1.40. The highest BCUT2D eigenvalue weighted by Crippen LogP contribution is 2.43. The fraction of sp³-hybridized carbons (Fsp3) is 0.234. The third kappa shape index (κ3) is 9.00. The number of rotatable bonds is 15. The van der Waals surface area contributed by atoms with Crippen LogP contribution in [0.4, 0.5) is 14.7 Å². The Morgan fingerprint density at radius 1 is 0.881 bits per heavy atom. The van der Waals surface area contributed by atoms with Crippen LogP contribution < -0.4 is 11.1 Å². The number of nitrogens with two attached hydrogens (primary N) is 1. The number of nitrogens with one attached hydrogen (secondary N) is 1. The van der Waals surface area contributed by atoms with Crippen LogP contribution in [0.3, 0.4) is 0 Å².